The fourth-order valence-electron chi connectivity index (χ4n) is 2.45. The second-order valence-corrected chi connectivity index (χ2v) is 7.77. The van der Waals surface area contributed by atoms with Crippen LogP contribution in [0, 0.1) is 0 Å². The predicted octanol–water partition coefficient (Wildman–Crippen LogP) is 4.37. The van der Waals surface area contributed by atoms with E-state index in [1.807, 2.05) is 37.3 Å². The van der Waals surface area contributed by atoms with Crippen molar-refractivity contribution in [1.82, 2.24) is 15.5 Å². The number of thioether (sulfide) groups is 1. The molecule has 1 heterocycles. The second-order valence-electron chi connectivity index (χ2n) is 6.00. The Balaban J connectivity index is 1.44. The van der Waals surface area contributed by atoms with Crippen molar-refractivity contribution in [2.24, 2.45) is 0 Å². The zero-order chi connectivity index (χ0) is 19.1. The first kappa shape index (κ1) is 19.5. The topological polar surface area (TPSA) is 68.0 Å². The van der Waals surface area contributed by atoms with Crippen LogP contribution in [-0.2, 0) is 17.0 Å². The first-order chi connectivity index (χ1) is 13.1. The lowest BCUT2D eigenvalue weighted by atomic mass is 10.1. The Bertz CT molecular complexity index is 886. The van der Waals surface area contributed by atoms with E-state index in [9.17, 15) is 4.79 Å². The zero-order valence-electron chi connectivity index (χ0n) is 14.9. The van der Waals surface area contributed by atoms with Gasteiger partial charge in [0.2, 0.25) is 17.6 Å². The number of carbonyl (C=O) groups is 1. The number of hydrogen-bond donors (Lipinski definition) is 1. The zero-order valence-corrected chi connectivity index (χ0v) is 16.5. The first-order valence-electron chi connectivity index (χ1n) is 8.63. The summed E-state index contributed by atoms with van der Waals surface area (Å²) < 4.78 is 5.27. The fraction of sp³-hybridized carbons (Fsp3) is 0.250. The van der Waals surface area contributed by atoms with Crippen molar-refractivity contribution in [2.75, 3.05) is 6.54 Å². The van der Waals surface area contributed by atoms with Crippen LogP contribution in [0.4, 0.5) is 0 Å². The van der Waals surface area contributed by atoms with E-state index in [4.69, 9.17) is 16.1 Å². The first-order valence-corrected chi connectivity index (χ1v) is 10.1. The number of aromatic nitrogens is 2. The van der Waals surface area contributed by atoms with Gasteiger partial charge in [-0.15, -0.1) is 11.8 Å². The van der Waals surface area contributed by atoms with Crippen molar-refractivity contribution in [2.45, 2.75) is 24.3 Å². The minimum absolute atomic E-state index is 0.00510. The van der Waals surface area contributed by atoms with Gasteiger partial charge in [0.25, 0.3) is 0 Å². The Labute approximate surface area is 167 Å². The maximum absolute atomic E-state index is 12.2. The van der Waals surface area contributed by atoms with Gasteiger partial charge in [0, 0.05) is 17.1 Å². The average molecular weight is 402 g/mol. The van der Waals surface area contributed by atoms with Crippen LogP contribution in [0.1, 0.15) is 18.4 Å². The van der Waals surface area contributed by atoms with Gasteiger partial charge in [0.15, 0.2) is 0 Å². The molecule has 0 bridgehead atoms. The highest BCUT2D eigenvalue weighted by Gasteiger charge is 2.16. The second kappa shape index (κ2) is 9.58. The summed E-state index contributed by atoms with van der Waals surface area (Å²) in [6.45, 7) is 2.49. The molecule has 0 aliphatic carbocycles. The molecular formula is C20H20ClN3O2S. The standard InChI is InChI=1S/C20H20ClN3O2S/c1-14(20(25)22-11-10-15-6-3-2-4-7-15)27-13-18-23-19(24-26-18)16-8-5-9-17(21)12-16/h2-9,12,14H,10-11,13H2,1H3,(H,22,25). The van der Waals surface area contributed by atoms with E-state index in [0.717, 1.165) is 12.0 Å². The third kappa shape index (κ3) is 5.84. The molecular weight excluding hydrogens is 382 g/mol. The van der Waals surface area contributed by atoms with Crippen LogP contribution in [0.25, 0.3) is 11.4 Å². The summed E-state index contributed by atoms with van der Waals surface area (Å²) in [7, 11) is 0. The van der Waals surface area contributed by atoms with Gasteiger partial charge in [-0.25, -0.2) is 0 Å². The SMILES string of the molecule is CC(SCc1nc(-c2cccc(Cl)c2)no1)C(=O)NCCc1ccccc1. The number of nitrogens with one attached hydrogen (secondary N) is 1. The molecule has 1 unspecified atom stereocenters. The summed E-state index contributed by atoms with van der Waals surface area (Å²) in [5.41, 5.74) is 2.01. The minimum atomic E-state index is -0.206. The van der Waals surface area contributed by atoms with Crippen molar-refractivity contribution in [3.8, 4) is 11.4 Å². The minimum Gasteiger partial charge on any atom is -0.355 e. The lowest BCUT2D eigenvalue weighted by Crippen LogP contribution is -2.32. The number of amides is 1. The van der Waals surface area contributed by atoms with E-state index in [0.29, 0.717) is 29.0 Å². The van der Waals surface area contributed by atoms with Gasteiger partial charge >= 0.3 is 0 Å². The van der Waals surface area contributed by atoms with Crippen LogP contribution >= 0.6 is 23.4 Å². The Hall–Kier alpha value is -2.31. The summed E-state index contributed by atoms with van der Waals surface area (Å²) in [6, 6.07) is 17.4. The van der Waals surface area contributed by atoms with Crippen molar-refractivity contribution >= 4 is 29.3 Å². The Morgan fingerprint density at radius 1 is 1.22 bits per heavy atom. The van der Waals surface area contributed by atoms with E-state index in [2.05, 4.69) is 27.6 Å². The summed E-state index contributed by atoms with van der Waals surface area (Å²) in [4.78, 5) is 16.6. The van der Waals surface area contributed by atoms with Gasteiger partial charge < -0.3 is 9.84 Å². The van der Waals surface area contributed by atoms with E-state index in [1.165, 1.54) is 17.3 Å². The van der Waals surface area contributed by atoms with Crippen molar-refractivity contribution < 1.29 is 9.32 Å². The molecule has 0 saturated carbocycles. The molecule has 0 saturated heterocycles. The van der Waals surface area contributed by atoms with Crippen LogP contribution in [0.2, 0.25) is 5.02 Å². The highest BCUT2D eigenvalue weighted by atomic mass is 35.5. The number of benzene rings is 2. The van der Waals surface area contributed by atoms with Gasteiger partial charge in [-0.05, 0) is 31.0 Å². The highest BCUT2D eigenvalue weighted by molar-refractivity contribution is 7.99. The molecule has 0 spiro atoms. The highest BCUT2D eigenvalue weighted by Crippen LogP contribution is 2.22. The van der Waals surface area contributed by atoms with Gasteiger partial charge in [0.1, 0.15) is 0 Å². The molecule has 1 N–H and O–H groups in total. The van der Waals surface area contributed by atoms with E-state index >= 15 is 0 Å². The normalized spacial score (nSPS) is 11.9. The number of hydrogen-bond acceptors (Lipinski definition) is 5. The molecule has 7 heteroatoms. The predicted molar refractivity (Wildman–Crippen MR) is 109 cm³/mol. The molecule has 27 heavy (non-hydrogen) atoms. The monoisotopic (exact) mass is 401 g/mol. The molecule has 3 rings (SSSR count). The smallest absolute Gasteiger partial charge is 0.236 e. The molecule has 0 radical (unpaired) electrons. The van der Waals surface area contributed by atoms with Crippen molar-refractivity contribution in [1.29, 1.82) is 0 Å². The molecule has 0 aliphatic rings. The van der Waals surface area contributed by atoms with Gasteiger partial charge in [-0.2, -0.15) is 4.98 Å². The number of carbonyl (C=O) groups excluding carboxylic acids is 1. The Kier molecular flexibility index (Phi) is 6.90. The van der Waals surface area contributed by atoms with E-state index < -0.39 is 0 Å². The molecule has 1 atom stereocenters. The summed E-state index contributed by atoms with van der Waals surface area (Å²) in [6.07, 6.45) is 0.816. The maximum Gasteiger partial charge on any atom is 0.236 e. The molecule has 2 aromatic carbocycles. The van der Waals surface area contributed by atoms with Crippen LogP contribution in [0.15, 0.2) is 59.1 Å². The molecule has 140 valence electrons. The van der Waals surface area contributed by atoms with Gasteiger partial charge in [0.05, 0.1) is 11.0 Å². The lowest BCUT2D eigenvalue weighted by molar-refractivity contribution is -0.120. The number of rotatable bonds is 8. The molecule has 1 amide bonds. The van der Waals surface area contributed by atoms with Gasteiger partial charge in [-0.1, -0.05) is 59.2 Å². The summed E-state index contributed by atoms with van der Waals surface area (Å²) in [5, 5.41) is 7.35. The molecule has 0 aliphatic heterocycles. The third-order valence-corrected chi connectivity index (χ3v) is 5.30. The van der Waals surface area contributed by atoms with Crippen LogP contribution in [0.5, 0.6) is 0 Å². The van der Waals surface area contributed by atoms with E-state index in [-0.39, 0.29) is 11.2 Å². The molecule has 3 aromatic rings. The lowest BCUT2D eigenvalue weighted by Gasteiger charge is -2.10. The number of halogens is 1. The van der Waals surface area contributed by atoms with Crippen LogP contribution < -0.4 is 5.32 Å². The van der Waals surface area contributed by atoms with Gasteiger partial charge in [-0.3, -0.25) is 4.79 Å². The maximum atomic E-state index is 12.2. The Morgan fingerprint density at radius 2 is 2.04 bits per heavy atom. The quantitative estimate of drug-likeness (QED) is 0.607. The molecule has 0 fully saturated rings. The Morgan fingerprint density at radius 3 is 2.81 bits per heavy atom. The number of nitrogens with zero attached hydrogens (tertiary/aromatic N) is 2. The summed E-state index contributed by atoms with van der Waals surface area (Å²) in [5.74, 6) is 1.46. The van der Waals surface area contributed by atoms with Crippen LogP contribution in [0.3, 0.4) is 0 Å². The largest absolute Gasteiger partial charge is 0.355 e. The molecule has 1 aromatic heterocycles. The van der Waals surface area contributed by atoms with Crippen molar-refractivity contribution in [3.63, 3.8) is 0 Å². The average Bonchev–Trinajstić information content (AvgIpc) is 3.16. The van der Waals surface area contributed by atoms with Crippen LogP contribution in [-0.4, -0.2) is 27.8 Å². The third-order valence-electron chi connectivity index (χ3n) is 3.93. The molecule has 5 nitrogen and oxygen atoms in total. The summed E-state index contributed by atoms with van der Waals surface area (Å²) >= 11 is 7.45. The van der Waals surface area contributed by atoms with E-state index in [1.54, 1.807) is 12.1 Å². The fourth-order valence-corrected chi connectivity index (χ4v) is 3.38. The van der Waals surface area contributed by atoms with Crippen molar-refractivity contribution in [3.05, 3.63) is 71.1 Å².